The molecule has 0 saturated carbocycles. The molecule has 3 saturated heterocycles. The first kappa shape index (κ1) is 25.5. The fraction of sp³-hybridized carbons (Fsp3) is 0.577. The van der Waals surface area contributed by atoms with Crippen molar-refractivity contribution >= 4 is 32.4 Å². The number of aromatic nitrogens is 4. The molecule has 0 aliphatic carbocycles. The summed E-state index contributed by atoms with van der Waals surface area (Å²) in [5.74, 6) is 0.878. The van der Waals surface area contributed by atoms with Crippen LogP contribution in [0.1, 0.15) is 32.4 Å². The van der Waals surface area contributed by atoms with Gasteiger partial charge in [0.25, 0.3) is 0 Å². The van der Waals surface area contributed by atoms with Crippen molar-refractivity contribution in [3.05, 3.63) is 30.6 Å². The van der Waals surface area contributed by atoms with E-state index >= 15 is 0 Å². The number of pyridine rings is 2. The summed E-state index contributed by atoms with van der Waals surface area (Å²) in [5, 5.41) is 5.61. The van der Waals surface area contributed by atoms with E-state index in [1.54, 1.807) is 10.5 Å². The summed E-state index contributed by atoms with van der Waals surface area (Å²) in [4.78, 5) is 14.6. The molecule has 3 aliphatic rings. The van der Waals surface area contributed by atoms with Crippen LogP contribution in [0.2, 0.25) is 0 Å². The van der Waals surface area contributed by atoms with E-state index in [1.807, 2.05) is 23.0 Å². The number of sulfonamides is 1. The van der Waals surface area contributed by atoms with Crippen LogP contribution in [-0.4, -0.2) is 97.3 Å². The van der Waals surface area contributed by atoms with Gasteiger partial charge in [0.1, 0.15) is 17.0 Å². The van der Waals surface area contributed by atoms with Gasteiger partial charge >= 0.3 is 0 Å². The first-order valence-electron chi connectivity index (χ1n) is 13.4. The van der Waals surface area contributed by atoms with Crippen LogP contribution in [0, 0.1) is 0 Å². The third-order valence-corrected chi connectivity index (χ3v) is 9.05. The molecule has 6 rings (SSSR count). The highest BCUT2D eigenvalue weighted by Crippen LogP contribution is 2.37. The Bertz CT molecular complexity index is 1400. The van der Waals surface area contributed by atoms with Gasteiger partial charge in [0, 0.05) is 63.2 Å². The Hall–Kier alpha value is -2.80. The van der Waals surface area contributed by atoms with Crippen LogP contribution in [-0.2, 0) is 19.5 Å². The van der Waals surface area contributed by atoms with Gasteiger partial charge < -0.3 is 19.3 Å². The maximum atomic E-state index is 12.1. The summed E-state index contributed by atoms with van der Waals surface area (Å²) < 4.78 is 39.5. The smallest absolute Gasteiger partial charge is 0.211 e. The predicted molar refractivity (Wildman–Crippen MR) is 146 cm³/mol. The fourth-order valence-electron chi connectivity index (χ4n) is 5.69. The van der Waals surface area contributed by atoms with Crippen LogP contribution in [0.3, 0.4) is 0 Å². The molecule has 0 spiro atoms. The Morgan fingerprint density at radius 2 is 1.87 bits per heavy atom. The Balaban J connectivity index is 1.46. The third-order valence-electron chi connectivity index (χ3n) is 7.74. The Kier molecular flexibility index (Phi) is 6.97. The van der Waals surface area contributed by atoms with E-state index in [0.717, 1.165) is 66.2 Å². The quantitative estimate of drug-likeness (QED) is 0.482. The van der Waals surface area contributed by atoms with Gasteiger partial charge in [-0.3, -0.25) is 4.98 Å². The highest BCUT2D eigenvalue weighted by molar-refractivity contribution is 7.88. The van der Waals surface area contributed by atoms with Gasteiger partial charge in [-0.1, -0.05) is 0 Å². The molecule has 6 heterocycles. The molecular formula is C26H35N7O4S. The normalized spacial score (nSPS) is 23.7. The summed E-state index contributed by atoms with van der Waals surface area (Å²) in [6.45, 7) is 7.05. The van der Waals surface area contributed by atoms with Crippen molar-refractivity contribution < 1.29 is 17.9 Å². The largest absolute Gasteiger partial charge is 0.377 e. The number of piperazine rings is 1. The Morgan fingerprint density at radius 1 is 1.03 bits per heavy atom. The zero-order valence-corrected chi connectivity index (χ0v) is 22.8. The minimum Gasteiger partial charge on any atom is -0.377 e. The lowest BCUT2D eigenvalue weighted by molar-refractivity contribution is -0.0383. The SMILES string of the molecule is C[C@@H]1COCCN1c1cc(N2CCN(S(C)(=O)=O)CC2)c2ccnc(-c3ccnn3[C@H]3CCCCO3)c2n1. The highest BCUT2D eigenvalue weighted by Gasteiger charge is 2.28. The number of rotatable bonds is 5. The molecule has 0 radical (unpaired) electrons. The Labute approximate surface area is 223 Å². The van der Waals surface area contributed by atoms with Gasteiger partial charge in [-0.2, -0.15) is 9.40 Å². The van der Waals surface area contributed by atoms with E-state index in [1.165, 1.54) is 6.26 Å². The third kappa shape index (κ3) is 4.86. The summed E-state index contributed by atoms with van der Waals surface area (Å²) in [5.41, 5.74) is 3.50. The molecule has 3 aromatic rings. The van der Waals surface area contributed by atoms with E-state index in [0.29, 0.717) is 39.4 Å². The molecule has 12 heteroatoms. The molecule has 0 unspecified atom stereocenters. The van der Waals surface area contributed by atoms with Crippen molar-refractivity contribution in [3.63, 3.8) is 0 Å². The number of fused-ring (bicyclic) bond motifs is 1. The standard InChI is InChI=1S/C26H35N7O4S/c1-19-18-36-16-14-32(19)23-17-22(30-10-12-31(13-11-30)38(2,34)35)20-6-8-27-26(25(20)29-23)21-7-9-28-33(21)24-5-3-4-15-37-24/h6-9,17,19,24H,3-5,10-16,18H2,1-2H3/t19-,24-/m1/s1. The molecule has 11 nitrogen and oxygen atoms in total. The molecule has 3 aromatic heterocycles. The molecule has 0 N–H and O–H groups in total. The van der Waals surface area contributed by atoms with E-state index < -0.39 is 10.0 Å². The molecule has 0 amide bonds. The second-order valence-corrected chi connectivity index (χ2v) is 12.3. The topological polar surface area (TPSA) is 106 Å². The van der Waals surface area contributed by atoms with E-state index in [4.69, 9.17) is 19.4 Å². The lowest BCUT2D eigenvalue weighted by atomic mass is 10.1. The van der Waals surface area contributed by atoms with Crippen LogP contribution in [0.15, 0.2) is 30.6 Å². The van der Waals surface area contributed by atoms with Crippen molar-refractivity contribution in [1.82, 2.24) is 24.1 Å². The average Bonchev–Trinajstić information content (AvgIpc) is 3.42. The summed E-state index contributed by atoms with van der Waals surface area (Å²) >= 11 is 0. The molecule has 3 fully saturated rings. The molecule has 2 atom stereocenters. The summed E-state index contributed by atoms with van der Waals surface area (Å²) in [7, 11) is -3.22. The monoisotopic (exact) mass is 541 g/mol. The van der Waals surface area contributed by atoms with Gasteiger partial charge in [0.05, 0.1) is 36.9 Å². The minimum atomic E-state index is -3.22. The maximum absolute atomic E-state index is 12.1. The Morgan fingerprint density at radius 3 is 2.61 bits per heavy atom. The van der Waals surface area contributed by atoms with Gasteiger partial charge in [-0.05, 0) is 38.3 Å². The van der Waals surface area contributed by atoms with Crippen molar-refractivity contribution in [2.24, 2.45) is 0 Å². The zero-order valence-electron chi connectivity index (χ0n) is 22.0. The van der Waals surface area contributed by atoms with Gasteiger partial charge in [0.15, 0.2) is 6.23 Å². The van der Waals surface area contributed by atoms with Crippen LogP contribution >= 0.6 is 0 Å². The number of anilines is 2. The molecular weight excluding hydrogens is 506 g/mol. The van der Waals surface area contributed by atoms with Crippen molar-refractivity contribution in [3.8, 4) is 11.4 Å². The van der Waals surface area contributed by atoms with Gasteiger partial charge in [0.2, 0.25) is 10.0 Å². The number of morpholine rings is 1. The van der Waals surface area contributed by atoms with E-state index in [-0.39, 0.29) is 12.3 Å². The highest BCUT2D eigenvalue weighted by atomic mass is 32.2. The first-order valence-corrected chi connectivity index (χ1v) is 15.2. The predicted octanol–water partition coefficient (Wildman–Crippen LogP) is 2.50. The molecule has 38 heavy (non-hydrogen) atoms. The van der Waals surface area contributed by atoms with Crippen LogP contribution in [0.5, 0.6) is 0 Å². The number of nitrogens with zero attached hydrogens (tertiary/aromatic N) is 7. The van der Waals surface area contributed by atoms with E-state index in [2.05, 4.69) is 27.9 Å². The van der Waals surface area contributed by atoms with Crippen LogP contribution in [0.4, 0.5) is 11.5 Å². The second kappa shape index (κ2) is 10.4. The van der Waals surface area contributed by atoms with Crippen molar-refractivity contribution in [1.29, 1.82) is 0 Å². The van der Waals surface area contributed by atoms with Crippen LogP contribution in [0.25, 0.3) is 22.3 Å². The summed E-state index contributed by atoms with van der Waals surface area (Å²) in [6.07, 6.45) is 7.88. The molecule has 3 aliphatic heterocycles. The first-order chi connectivity index (χ1) is 18.4. The van der Waals surface area contributed by atoms with E-state index in [9.17, 15) is 8.42 Å². The van der Waals surface area contributed by atoms with Gasteiger partial charge in [-0.25, -0.2) is 18.1 Å². The number of hydrogen-bond donors (Lipinski definition) is 0. The van der Waals surface area contributed by atoms with Crippen molar-refractivity contribution in [2.75, 3.05) is 68.6 Å². The number of hydrogen-bond acceptors (Lipinski definition) is 9. The average molecular weight is 542 g/mol. The molecule has 0 bridgehead atoms. The summed E-state index contributed by atoms with van der Waals surface area (Å²) in [6, 6.07) is 6.32. The maximum Gasteiger partial charge on any atom is 0.211 e. The zero-order chi connectivity index (χ0) is 26.3. The van der Waals surface area contributed by atoms with Crippen LogP contribution < -0.4 is 9.80 Å². The molecule has 0 aromatic carbocycles. The van der Waals surface area contributed by atoms with Gasteiger partial charge in [-0.15, -0.1) is 0 Å². The van der Waals surface area contributed by atoms with Crippen molar-refractivity contribution in [2.45, 2.75) is 38.5 Å². The molecule has 204 valence electrons. The minimum absolute atomic E-state index is 0.114. The lowest BCUT2D eigenvalue weighted by Crippen LogP contribution is -2.48. The second-order valence-electron chi connectivity index (χ2n) is 10.3. The number of ether oxygens (including phenoxy) is 2. The fourth-order valence-corrected chi connectivity index (χ4v) is 6.52. The lowest BCUT2D eigenvalue weighted by Gasteiger charge is -2.37.